The Kier molecular flexibility index (Phi) is 3.84. The second kappa shape index (κ2) is 5.00. The summed E-state index contributed by atoms with van der Waals surface area (Å²) in [5.41, 5.74) is 0.374. The summed E-state index contributed by atoms with van der Waals surface area (Å²) in [5, 5.41) is 2.32. The summed E-state index contributed by atoms with van der Waals surface area (Å²) in [5.74, 6) is 0.362. The van der Waals surface area contributed by atoms with Gasteiger partial charge >= 0.3 is 0 Å². The summed E-state index contributed by atoms with van der Waals surface area (Å²) in [6.07, 6.45) is 0. The Morgan fingerprint density at radius 3 is 2.88 bits per heavy atom. The van der Waals surface area contributed by atoms with E-state index < -0.39 is 0 Å². The Hall–Kier alpha value is -0.170. The molecule has 84 valence electrons. The fraction of sp³-hybridized carbons (Fsp3) is 0.111. The monoisotopic (exact) mass is 383 g/mol. The molecule has 0 radical (unpaired) electrons. The van der Waals surface area contributed by atoms with Crippen LogP contribution in [0.2, 0.25) is 0 Å². The Morgan fingerprint density at radius 2 is 2.31 bits per heavy atom. The lowest BCUT2D eigenvalue weighted by atomic mass is 10.3. The van der Waals surface area contributed by atoms with E-state index in [1.54, 1.807) is 11.4 Å². The van der Waals surface area contributed by atoms with Crippen LogP contribution in [0.4, 0.5) is 0 Å². The van der Waals surface area contributed by atoms with Gasteiger partial charge in [-0.15, -0.1) is 22.9 Å². The minimum absolute atomic E-state index is 0.0608. The SMILES string of the molecule is O=C(CCl)c1csc(-c2cc(Br)c(Br)o2)n1. The zero-order valence-corrected chi connectivity index (χ0v) is 12.4. The summed E-state index contributed by atoms with van der Waals surface area (Å²) >= 11 is 13.3. The molecule has 2 heterocycles. The van der Waals surface area contributed by atoms with Crippen LogP contribution < -0.4 is 0 Å². The van der Waals surface area contributed by atoms with Gasteiger partial charge in [-0.25, -0.2) is 4.98 Å². The molecule has 0 atom stereocenters. The van der Waals surface area contributed by atoms with Gasteiger partial charge in [0.15, 0.2) is 21.2 Å². The zero-order valence-electron chi connectivity index (χ0n) is 7.67. The Labute approximate surface area is 117 Å². The third kappa shape index (κ3) is 2.40. The summed E-state index contributed by atoms with van der Waals surface area (Å²) < 4.78 is 6.81. The van der Waals surface area contributed by atoms with Gasteiger partial charge < -0.3 is 4.42 Å². The van der Waals surface area contributed by atoms with E-state index >= 15 is 0 Å². The van der Waals surface area contributed by atoms with Gasteiger partial charge in [0.1, 0.15) is 5.69 Å². The van der Waals surface area contributed by atoms with E-state index in [4.69, 9.17) is 16.0 Å². The average molecular weight is 385 g/mol. The van der Waals surface area contributed by atoms with Crippen LogP contribution in [-0.2, 0) is 0 Å². The van der Waals surface area contributed by atoms with Crippen LogP contribution in [0, 0.1) is 0 Å². The van der Waals surface area contributed by atoms with Crippen molar-refractivity contribution in [3.63, 3.8) is 0 Å². The van der Waals surface area contributed by atoms with Gasteiger partial charge in [-0.3, -0.25) is 4.79 Å². The lowest BCUT2D eigenvalue weighted by molar-refractivity contribution is 0.101. The highest BCUT2D eigenvalue weighted by molar-refractivity contribution is 9.13. The smallest absolute Gasteiger partial charge is 0.196 e. The summed E-state index contributed by atoms with van der Waals surface area (Å²) in [6.45, 7) is 0. The van der Waals surface area contributed by atoms with Crippen molar-refractivity contribution in [1.29, 1.82) is 0 Å². The summed E-state index contributed by atoms with van der Waals surface area (Å²) in [6, 6.07) is 1.79. The van der Waals surface area contributed by atoms with Crippen molar-refractivity contribution in [2.45, 2.75) is 0 Å². The maximum Gasteiger partial charge on any atom is 0.196 e. The summed E-state index contributed by atoms with van der Waals surface area (Å²) in [4.78, 5) is 15.4. The van der Waals surface area contributed by atoms with Crippen molar-refractivity contribution >= 4 is 60.6 Å². The number of aromatic nitrogens is 1. The molecule has 2 rings (SSSR count). The first kappa shape index (κ1) is 12.3. The number of hydrogen-bond acceptors (Lipinski definition) is 4. The van der Waals surface area contributed by atoms with Gasteiger partial charge in [-0.05, 0) is 31.9 Å². The number of Topliss-reactive ketones (excluding diaryl/α,β-unsaturated/α-hetero) is 1. The fourth-order valence-electron chi connectivity index (χ4n) is 1.04. The molecule has 16 heavy (non-hydrogen) atoms. The molecular weight excluding hydrogens is 381 g/mol. The predicted octanol–water partition coefficient (Wildman–Crippen LogP) is 4.35. The van der Waals surface area contributed by atoms with E-state index in [9.17, 15) is 4.79 Å². The first-order valence-electron chi connectivity index (χ1n) is 4.11. The van der Waals surface area contributed by atoms with Crippen LogP contribution in [-0.4, -0.2) is 16.6 Å². The predicted molar refractivity (Wildman–Crippen MR) is 70.3 cm³/mol. The molecular formula is C9H4Br2ClNO2S. The Morgan fingerprint density at radius 1 is 1.56 bits per heavy atom. The van der Waals surface area contributed by atoms with Gasteiger partial charge in [0.05, 0.1) is 10.4 Å². The maximum absolute atomic E-state index is 11.3. The van der Waals surface area contributed by atoms with E-state index in [1.807, 2.05) is 0 Å². The molecule has 0 aliphatic carbocycles. The molecule has 0 unspecified atom stereocenters. The largest absolute Gasteiger partial charge is 0.446 e. The lowest BCUT2D eigenvalue weighted by Gasteiger charge is -1.88. The van der Waals surface area contributed by atoms with Crippen LogP contribution in [0.15, 0.2) is 25.0 Å². The van der Waals surface area contributed by atoms with Crippen LogP contribution in [0.5, 0.6) is 0 Å². The number of carbonyl (C=O) groups is 1. The maximum atomic E-state index is 11.3. The third-order valence-corrected chi connectivity index (χ3v) is 4.58. The minimum atomic E-state index is -0.186. The van der Waals surface area contributed by atoms with Gasteiger partial charge in [-0.2, -0.15) is 0 Å². The lowest BCUT2D eigenvalue weighted by Crippen LogP contribution is -1.99. The molecule has 0 spiro atoms. The van der Waals surface area contributed by atoms with Crippen LogP contribution in [0.25, 0.3) is 10.8 Å². The number of thiazole rings is 1. The molecule has 0 saturated carbocycles. The van der Waals surface area contributed by atoms with Crippen molar-refractivity contribution in [1.82, 2.24) is 4.98 Å². The van der Waals surface area contributed by atoms with E-state index in [1.165, 1.54) is 11.3 Å². The molecule has 7 heteroatoms. The molecule has 0 saturated heterocycles. The molecule has 2 aromatic heterocycles. The Bertz CT molecular complexity index is 518. The van der Waals surface area contributed by atoms with E-state index in [0.29, 0.717) is 21.1 Å². The Balaban J connectivity index is 2.35. The number of nitrogens with zero attached hydrogens (tertiary/aromatic N) is 1. The van der Waals surface area contributed by atoms with Crippen molar-refractivity contribution < 1.29 is 9.21 Å². The van der Waals surface area contributed by atoms with Crippen LogP contribution >= 0.6 is 54.8 Å². The van der Waals surface area contributed by atoms with Crippen molar-refractivity contribution in [3.05, 3.63) is 26.3 Å². The second-order valence-electron chi connectivity index (χ2n) is 2.83. The molecule has 3 nitrogen and oxygen atoms in total. The first-order valence-corrected chi connectivity index (χ1v) is 7.11. The number of rotatable bonds is 3. The summed E-state index contributed by atoms with van der Waals surface area (Å²) in [7, 11) is 0. The zero-order chi connectivity index (χ0) is 11.7. The molecule has 0 aliphatic heterocycles. The number of furan rings is 1. The number of hydrogen-bond donors (Lipinski definition) is 0. The number of ketones is 1. The van der Waals surface area contributed by atoms with Crippen molar-refractivity contribution in [2.24, 2.45) is 0 Å². The molecule has 0 aromatic carbocycles. The highest BCUT2D eigenvalue weighted by Gasteiger charge is 2.14. The van der Waals surface area contributed by atoms with E-state index in [2.05, 4.69) is 36.8 Å². The van der Waals surface area contributed by atoms with Crippen LogP contribution in [0.3, 0.4) is 0 Å². The van der Waals surface area contributed by atoms with Gasteiger partial charge in [0.2, 0.25) is 0 Å². The highest BCUT2D eigenvalue weighted by atomic mass is 79.9. The molecule has 0 aliphatic rings. The van der Waals surface area contributed by atoms with Crippen LogP contribution in [0.1, 0.15) is 10.5 Å². The topological polar surface area (TPSA) is 43.1 Å². The molecule has 0 bridgehead atoms. The number of alkyl halides is 1. The minimum Gasteiger partial charge on any atom is -0.446 e. The van der Waals surface area contributed by atoms with E-state index in [-0.39, 0.29) is 11.7 Å². The molecule has 0 amide bonds. The molecule has 0 fully saturated rings. The van der Waals surface area contributed by atoms with E-state index in [0.717, 1.165) is 4.47 Å². The highest BCUT2D eigenvalue weighted by Crippen LogP contribution is 2.34. The van der Waals surface area contributed by atoms with Crippen molar-refractivity contribution in [2.75, 3.05) is 5.88 Å². The van der Waals surface area contributed by atoms with Gasteiger partial charge in [-0.1, -0.05) is 0 Å². The second-order valence-corrected chi connectivity index (χ2v) is 5.53. The number of carbonyl (C=O) groups excluding carboxylic acids is 1. The van der Waals surface area contributed by atoms with Crippen molar-refractivity contribution in [3.8, 4) is 10.8 Å². The quantitative estimate of drug-likeness (QED) is 0.583. The normalized spacial score (nSPS) is 10.7. The molecule has 2 aromatic rings. The average Bonchev–Trinajstić information content (AvgIpc) is 2.86. The number of halogens is 3. The van der Waals surface area contributed by atoms with Gasteiger partial charge in [0.25, 0.3) is 0 Å². The standard InChI is InChI=1S/C9H4Br2ClNO2S/c10-4-1-7(15-8(4)11)9-13-5(3-16-9)6(14)2-12/h1,3H,2H2. The first-order chi connectivity index (χ1) is 7.61. The molecule has 0 N–H and O–H groups in total. The fourth-order valence-corrected chi connectivity index (χ4v) is 2.53. The van der Waals surface area contributed by atoms with Gasteiger partial charge in [0, 0.05) is 11.4 Å². The third-order valence-electron chi connectivity index (χ3n) is 1.77.